The Labute approximate surface area is 106 Å². The minimum absolute atomic E-state index is 0.0177. The summed E-state index contributed by atoms with van der Waals surface area (Å²) in [7, 11) is 1.52. The molecule has 9 heteroatoms. The fourth-order valence-corrected chi connectivity index (χ4v) is 1.79. The lowest BCUT2D eigenvalue weighted by molar-refractivity contribution is -0.297. The zero-order valence-electron chi connectivity index (χ0n) is 10.1. The first-order valence-corrected chi connectivity index (χ1v) is 5.32. The Morgan fingerprint density at radius 2 is 2.16 bits per heavy atom. The van der Waals surface area contributed by atoms with Crippen molar-refractivity contribution in [2.75, 3.05) is 0 Å². The van der Waals surface area contributed by atoms with Gasteiger partial charge < -0.3 is 5.11 Å². The highest BCUT2D eigenvalue weighted by atomic mass is 19.4. The number of aryl methyl sites for hydroxylation is 1. The summed E-state index contributed by atoms with van der Waals surface area (Å²) in [6, 6.07) is 1.25. The standard InChI is InChI=1S/C10H11F3N4O2/c1-6-5-9(19,10(11,12)13)17(14-6)8(18)7-3-4-16(2)15-7/h3-4,19H,5H2,1-2H3. The van der Waals surface area contributed by atoms with Crippen molar-refractivity contribution in [3.63, 3.8) is 0 Å². The molecule has 1 amide bonds. The maximum atomic E-state index is 12.9. The van der Waals surface area contributed by atoms with Crippen LogP contribution in [0.4, 0.5) is 13.2 Å². The Kier molecular flexibility index (Phi) is 2.89. The van der Waals surface area contributed by atoms with Crippen molar-refractivity contribution in [1.82, 2.24) is 14.8 Å². The molecular formula is C10H11F3N4O2. The van der Waals surface area contributed by atoms with Crippen molar-refractivity contribution in [3.8, 4) is 0 Å². The number of hydrogen-bond donors (Lipinski definition) is 1. The second-order valence-corrected chi connectivity index (χ2v) is 4.32. The zero-order valence-corrected chi connectivity index (χ0v) is 10.1. The molecule has 0 aromatic carbocycles. The van der Waals surface area contributed by atoms with E-state index in [1.54, 1.807) is 0 Å². The van der Waals surface area contributed by atoms with Crippen LogP contribution in [0, 0.1) is 0 Å². The lowest BCUT2D eigenvalue weighted by atomic mass is 10.1. The summed E-state index contributed by atoms with van der Waals surface area (Å²) in [5.74, 6) is -1.10. The van der Waals surface area contributed by atoms with Crippen LogP contribution in [0.25, 0.3) is 0 Å². The summed E-state index contributed by atoms with van der Waals surface area (Å²) < 4.78 is 40.0. The first-order valence-electron chi connectivity index (χ1n) is 5.32. The average Bonchev–Trinajstić information content (AvgIpc) is 2.81. The summed E-state index contributed by atoms with van der Waals surface area (Å²) in [5, 5.41) is 17.0. The van der Waals surface area contributed by atoms with Gasteiger partial charge in [-0.3, -0.25) is 9.48 Å². The molecule has 1 aromatic heterocycles. The SMILES string of the molecule is CC1=NN(C(=O)c2ccn(C)n2)C(O)(C(F)(F)F)C1. The van der Waals surface area contributed by atoms with Crippen LogP contribution in [0.1, 0.15) is 23.8 Å². The van der Waals surface area contributed by atoms with Gasteiger partial charge in [-0.2, -0.15) is 28.4 Å². The summed E-state index contributed by atoms with van der Waals surface area (Å²) >= 11 is 0. The predicted molar refractivity (Wildman–Crippen MR) is 58.1 cm³/mol. The topological polar surface area (TPSA) is 70.7 Å². The number of hydrogen-bond acceptors (Lipinski definition) is 4. The quantitative estimate of drug-likeness (QED) is 0.828. The van der Waals surface area contributed by atoms with E-state index in [9.17, 15) is 23.1 Å². The van der Waals surface area contributed by atoms with Crippen molar-refractivity contribution in [2.45, 2.75) is 25.2 Å². The average molecular weight is 276 g/mol. The molecule has 1 aliphatic heterocycles. The molecule has 6 nitrogen and oxygen atoms in total. The van der Waals surface area contributed by atoms with Crippen molar-refractivity contribution >= 4 is 11.6 Å². The molecule has 1 N–H and O–H groups in total. The van der Waals surface area contributed by atoms with E-state index >= 15 is 0 Å². The molecule has 1 aliphatic rings. The van der Waals surface area contributed by atoms with E-state index in [-0.39, 0.29) is 16.4 Å². The Morgan fingerprint density at radius 1 is 1.53 bits per heavy atom. The van der Waals surface area contributed by atoms with Crippen molar-refractivity contribution in [1.29, 1.82) is 0 Å². The second-order valence-electron chi connectivity index (χ2n) is 4.32. The number of halogens is 3. The minimum atomic E-state index is -5.00. The third-order valence-corrected chi connectivity index (χ3v) is 2.70. The third kappa shape index (κ3) is 2.09. The van der Waals surface area contributed by atoms with Gasteiger partial charge in [-0.25, -0.2) is 0 Å². The van der Waals surface area contributed by atoms with E-state index in [2.05, 4.69) is 10.2 Å². The van der Waals surface area contributed by atoms with Gasteiger partial charge in [0.05, 0.1) is 0 Å². The molecule has 1 atom stereocenters. The minimum Gasteiger partial charge on any atom is -0.362 e. The van der Waals surface area contributed by atoms with Crippen LogP contribution >= 0.6 is 0 Å². The fraction of sp³-hybridized carbons (Fsp3) is 0.500. The van der Waals surface area contributed by atoms with Gasteiger partial charge >= 0.3 is 6.18 Å². The zero-order chi connectivity index (χ0) is 14.4. The molecule has 0 fully saturated rings. The van der Waals surface area contributed by atoms with Gasteiger partial charge in [0, 0.05) is 25.4 Å². The molecule has 19 heavy (non-hydrogen) atoms. The van der Waals surface area contributed by atoms with E-state index in [1.807, 2.05) is 0 Å². The van der Waals surface area contributed by atoms with E-state index in [0.29, 0.717) is 0 Å². The van der Waals surface area contributed by atoms with Crippen LogP contribution in [0.5, 0.6) is 0 Å². The molecular weight excluding hydrogens is 265 g/mol. The molecule has 0 aliphatic carbocycles. The first kappa shape index (κ1) is 13.5. The van der Waals surface area contributed by atoms with Gasteiger partial charge in [0.2, 0.25) is 0 Å². The van der Waals surface area contributed by atoms with Crippen molar-refractivity contribution in [2.24, 2.45) is 12.1 Å². The molecule has 104 valence electrons. The van der Waals surface area contributed by atoms with Gasteiger partial charge in [0.15, 0.2) is 5.69 Å². The van der Waals surface area contributed by atoms with Crippen molar-refractivity contribution in [3.05, 3.63) is 18.0 Å². The maximum absolute atomic E-state index is 12.9. The molecule has 0 spiro atoms. The number of aromatic nitrogens is 2. The van der Waals surface area contributed by atoms with Crippen LogP contribution < -0.4 is 0 Å². The predicted octanol–water partition coefficient (Wildman–Crippen LogP) is 0.893. The number of aliphatic hydroxyl groups is 1. The van der Waals surface area contributed by atoms with Gasteiger partial charge in [-0.1, -0.05) is 0 Å². The fourth-order valence-electron chi connectivity index (χ4n) is 1.79. The maximum Gasteiger partial charge on any atom is 0.438 e. The molecule has 0 saturated heterocycles. The number of carbonyl (C=O) groups excluding carboxylic acids is 1. The van der Waals surface area contributed by atoms with Gasteiger partial charge in [0.25, 0.3) is 11.6 Å². The van der Waals surface area contributed by atoms with Crippen molar-refractivity contribution < 1.29 is 23.1 Å². The Balaban J connectivity index is 2.39. The summed E-state index contributed by atoms with van der Waals surface area (Å²) in [6.07, 6.45) is -4.36. The van der Waals surface area contributed by atoms with Crippen LogP contribution in [0.15, 0.2) is 17.4 Å². The second kappa shape index (κ2) is 4.05. The van der Waals surface area contributed by atoms with E-state index in [4.69, 9.17) is 0 Å². The molecule has 2 rings (SSSR count). The van der Waals surface area contributed by atoms with Gasteiger partial charge in [-0.05, 0) is 13.0 Å². The lowest BCUT2D eigenvalue weighted by Gasteiger charge is -2.32. The number of amides is 1. The van der Waals surface area contributed by atoms with E-state index in [0.717, 1.165) is 0 Å². The highest BCUT2D eigenvalue weighted by molar-refractivity contribution is 5.96. The van der Waals surface area contributed by atoms with Crippen LogP contribution in [-0.2, 0) is 7.05 Å². The van der Waals surface area contributed by atoms with Crippen LogP contribution in [0.3, 0.4) is 0 Å². The number of hydrazone groups is 1. The third-order valence-electron chi connectivity index (χ3n) is 2.70. The van der Waals surface area contributed by atoms with E-state index < -0.39 is 24.2 Å². The Morgan fingerprint density at radius 3 is 2.63 bits per heavy atom. The Bertz CT molecular complexity index is 551. The summed E-state index contributed by atoms with van der Waals surface area (Å²) in [6.45, 7) is 1.31. The molecule has 0 saturated carbocycles. The van der Waals surface area contributed by atoms with Gasteiger partial charge in [0.1, 0.15) is 0 Å². The molecule has 0 bridgehead atoms. The summed E-state index contributed by atoms with van der Waals surface area (Å²) in [5.41, 5.74) is -3.51. The highest BCUT2D eigenvalue weighted by Crippen LogP contribution is 2.40. The molecule has 1 unspecified atom stereocenters. The monoisotopic (exact) mass is 276 g/mol. The van der Waals surface area contributed by atoms with Crippen LogP contribution in [0.2, 0.25) is 0 Å². The number of nitrogens with zero attached hydrogens (tertiary/aromatic N) is 4. The molecule has 2 heterocycles. The number of alkyl halides is 3. The van der Waals surface area contributed by atoms with Gasteiger partial charge in [-0.15, -0.1) is 0 Å². The van der Waals surface area contributed by atoms with Crippen LogP contribution in [-0.4, -0.2) is 43.4 Å². The molecule has 0 radical (unpaired) electrons. The smallest absolute Gasteiger partial charge is 0.362 e. The first-order chi connectivity index (χ1) is 8.65. The largest absolute Gasteiger partial charge is 0.438 e. The Hall–Kier alpha value is -1.90. The summed E-state index contributed by atoms with van der Waals surface area (Å²) in [4.78, 5) is 12.0. The highest BCUT2D eigenvalue weighted by Gasteiger charge is 2.62. The normalized spacial score (nSPS) is 23.7. The number of rotatable bonds is 1. The number of carbonyl (C=O) groups is 1. The molecule has 1 aromatic rings. The van der Waals surface area contributed by atoms with E-state index in [1.165, 1.54) is 30.9 Å². The lowest BCUT2D eigenvalue weighted by Crippen LogP contribution is -2.56.